The van der Waals surface area contributed by atoms with Gasteiger partial charge in [0.25, 0.3) is 0 Å². The summed E-state index contributed by atoms with van der Waals surface area (Å²) in [4.78, 5) is 25.2. The maximum absolute atomic E-state index is 12.5. The van der Waals surface area contributed by atoms with Gasteiger partial charge in [0.2, 0.25) is 5.91 Å². The fourth-order valence-electron chi connectivity index (χ4n) is 2.93. The summed E-state index contributed by atoms with van der Waals surface area (Å²) in [5.74, 6) is 1.96. The molecule has 0 saturated carbocycles. The lowest BCUT2D eigenvalue weighted by Gasteiger charge is -2.36. The van der Waals surface area contributed by atoms with Crippen molar-refractivity contribution < 1.29 is 4.79 Å². The van der Waals surface area contributed by atoms with Crippen molar-refractivity contribution in [2.24, 2.45) is 0 Å². The summed E-state index contributed by atoms with van der Waals surface area (Å²) in [6.07, 6.45) is 6.34. The van der Waals surface area contributed by atoms with Gasteiger partial charge in [-0.15, -0.1) is 0 Å². The van der Waals surface area contributed by atoms with Crippen molar-refractivity contribution in [2.45, 2.75) is 26.3 Å². The lowest BCUT2D eigenvalue weighted by Crippen LogP contribution is -2.49. The highest BCUT2D eigenvalue weighted by atomic mass is 16.2. The fourth-order valence-corrected chi connectivity index (χ4v) is 2.93. The number of rotatable bonds is 4. The Kier molecular flexibility index (Phi) is 4.60. The second-order valence-corrected chi connectivity index (χ2v) is 6.01. The molecule has 0 N–H and O–H groups in total. The molecule has 23 heavy (non-hydrogen) atoms. The Morgan fingerprint density at radius 3 is 2.57 bits per heavy atom. The molecule has 1 saturated heterocycles. The standard InChI is InChI=1S/C17H23N5O/c1-14(20-7-3-4-8-20)13-17(23)22-11-9-21(10-12-22)16-5-6-18-15(2)19-16/h3-8,14H,9-13H2,1-2H3. The zero-order chi connectivity index (χ0) is 16.2. The number of carbonyl (C=O) groups is 1. The van der Waals surface area contributed by atoms with E-state index in [9.17, 15) is 4.79 Å². The summed E-state index contributed by atoms with van der Waals surface area (Å²) in [5.41, 5.74) is 0. The van der Waals surface area contributed by atoms with Gasteiger partial charge < -0.3 is 14.4 Å². The number of piperazine rings is 1. The molecule has 1 aliphatic heterocycles. The first-order valence-corrected chi connectivity index (χ1v) is 8.08. The van der Waals surface area contributed by atoms with Crippen LogP contribution in [0.2, 0.25) is 0 Å². The van der Waals surface area contributed by atoms with Gasteiger partial charge in [-0.2, -0.15) is 0 Å². The Labute approximate surface area is 136 Å². The molecule has 1 unspecified atom stereocenters. The van der Waals surface area contributed by atoms with E-state index in [0.29, 0.717) is 6.42 Å². The third-order valence-corrected chi connectivity index (χ3v) is 4.32. The zero-order valence-electron chi connectivity index (χ0n) is 13.7. The smallest absolute Gasteiger partial charge is 0.224 e. The van der Waals surface area contributed by atoms with E-state index in [4.69, 9.17) is 0 Å². The molecular weight excluding hydrogens is 290 g/mol. The molecule has 2 aromatic rings. The molecular formula is C17H23N5O. The first kappa shape index (κ1) is 15.5. The summed E-state index contributed by atoms with van der Waals surface area (Å²) in [7, 11) is 0. The van der Waals surface area contributed by atoms with Crippen LogP contribution in [0.1, 0.15) is 25.2 Å². The van der Waals surface area contributed by atoms with Gasteiger partial charge in [-0.25, -0.2) is 9.97 Å². The zero-order valence-corrected chi connectivity index (χ0v) is 13.7. The van der Waals surface area contributed by atoms with Crippen molar-refractivity contribution in [1.82, 2.24) is 19.4 Å². The van der Waals surface area contributed by atoms with Crippen LogP contribution in [0.5, 0.6) is 0 Å². The molecule has 0 aromatic carbocycles. The number of carbonyl (C=O) groups excluding carboxylic acids is 1. The average Bonchev–Trinajstić information content (AvgIpc) is 3.09. The third kappa shape index (κ3) is 3.70. The number of anilines is 1. The highest BCUT2D eigenvalue weighted by molar-refractivity contribution is 5.77. The summed E-state index contributed by atoms with van der Waals surface area (Å²) in [6, 6.07) is 6.10. The van der Waals surface area contributed by atoms with Gasteiger partial charge in [-0.1, -0.05) is 0 Å². The predicted octanol–water partition coefficient (Wildman–Crippen LogP) is 1.89. The van der Waals surface area contributed by atoms with Crippen LogP contribution in [0, 0.1) is 6.92 Å². The number of aryl methyl sites for hydroxylation is 1. The average molecular weight is 313 g/mol. The SMILES string of the molecule is Cc1nccc(N2CCN(C(=O)CC(C)n3cccc3)CC2)n1. The number of aromatic nitrogens is 3. The number of amides is 1. The summed E-state index contributed by atoms with van der Waals surface area (Å²) in [5, 5.41) is 0. The van der Waals surface area contributed by atoms with Crippen LogP contribution >= 0.6 is 0 Å². The van der Waals surface area contributed by atoms with E-state index in [2.05, 4.69) is 26.4 Å². The van der Waals surface area contributed by atoms with Gasteiger partial charge in [0.15, 0.2) is 0 Å². The van der Waals surface area contributed by atoms with Crippen LogP contribution in [0.4, 0.5) is 5.82 Å². The largest absolute Gasteiger partial charge is 0.353 e. The van der Waals surface area contributed by atoms with Crippen molar-refractivity contribution in [3.05, 3.63) is 42.6 Å². The van der Waals surface area contributed by atoms with Crippen LogP contribution in [0.25, 0.3) is 0 Å². The molecule has 0 bridgehead atoms. The molecule has 0 radical (unpaired) electrons. The third-order valence-electron chi connectivity index (χ3n) is 4.32. The van der Waals surface area contributed by atoms with E-state index < -0.39 is 0 Å². The molecule has 1 fully saturated rings. The molecule has 0 spiro atoms. The van der Waals surface area contributed by atoms with Crippen LogP contribution in [-0.4, -0.2) is 51.5 Å². The normalized spacial score (nSPS) is 16.4. The maximum atomic E-state index is 12.5. The van der Waals surface area contributed by atoms with Crippen molar-refractivity contribution in [1.29, 1.82) is 0 Å². The van der Waals surface area contributed by atoms with Gasteiger partial charge >= 0.3 is 0 Å². The maximum Gasteiger partial charge on any atom is 0.224 e. The second kappa shape index (κ2) is 6.81. The van der Waals surface area contributed by atoms with Crippen molar-refractivity contribution in [3.8, 4) is 0 Å². The lowest BCUT2D eigenvalue weighted by molar-refractivity contribution is -0.132. The van der Waals surface area contributed by atoms with Crippen molar-refractivity contribution in [3.63, 3.8) is 0 Å². The van der Waals surface area contributed by atoms with Crippen molar-refractivity contribution >= 4 is 11.7 Å². The topological polar surface area (TPSA) is 54.3 Å². The summed E-state index contributed by atoms with van der Waals surface area (Å²) in [6.45, 7) is 7.12. The molecule has 6 heteroatoms. The molecule has 122 valence electrons. The number of hydrogen-bond acceptors (Lipinski definition) is 4. The van der Waals surface area contributed by atoms with E-state index >= 15 is 0 Å². The van der Waals surface area contributed by atoms with Gasteiger partial charge in [-0.05, 0) is 32.0 Å². The van der Waals surface area contributed by atoms with E-state index in [1.54, 1.807) is 6.20 Å². The van der Waals surface area contributed by atoms with Crippen LogP contribution in [0.15, 0.2) is 36.8 Å². The van der Waals surface area contributed by atoms with Crippen LogP contribution in [-0.2, 0) is 4.79 Å². The lowest BCUT2D eigenvalue weighted by atomic mass is 10.2. The molecule has 1 aliphatic rings. The molecule has 1 atom stereocenters. The monoisotopic (exact) mass is 313 g/mol. The van der Waals surface area contributed by atoms with E-state index in [1.807, 2.05) is 42.4 Å². The Hall–Kier alpha value is -2.37. The first-order chi connectivity index (χ1) is 11.1. The summed E-state index contributed by atoms with van der Waals surface area (Å²) < 4.78 is 2.08. The van der Waals surface area contributed by atoms with Gasteiger partial charge in [0, 0.05) is 57.2 Å². The highest BCUT2D eigenvalue weighted by Crippen LogP contribution is 2.16. The Morgan fingerprint density at radius 1 is 1.22 bits per heavy atom. The van der Waals surface area contributed by atoms with E-state index in [0.717, 1.165) is 37.8 Å². The minimum absolute atomic E-state index is 0.194. The van der Waals surface area contributed by atoms with Crippen LogP contribution < -0.4 is 4.90 Å². The van der Waals surface area contributed by atoms with Crippen LogP contribution in [0.3, 0.4) is 0 Å². The number of hydrogen-bond donors (Lipinski definition) is 0. The minimum Gasteiger partial charge on any atom is -0.353 e. The van der Waals surface area contributed by atoms with Gasteiger partial charge in [0.05, 0.1) is 0 Å². The molecule has 0 aliphatic carbocycles. The first-order valence-electron chi connectivity index (χ1n) is 8.08. The molecule has 3 heterocycles. The second-order valence-electron chi connectivity index (χ2n) is 6.01. The molecule has 1 amide bonds. The Balaban J connectivity index is 1.53. The quantitative estimate of drug-likeness (QED) is 0.865. The van der Waals surface area contributed by atoms with Gasteiger partial charge in [-0.3, -0.25) is 4.79 Å². The van der Waals surface area contributed by atoms with E-state index in [-0.39, 0.29) is 11.9 Å². The molecule has 6 nitrogen and oxygen atoms in total. The van der Waals surface area contributed by atoms with Crippen molar-refractivity contribution in [2.75, 3.05) is 31.1 Å². The Morgan fingerprint density at radius 2 is 1.91 bits per heavy atom. The minimum atomic E-state index is 0.194. The van der Waals surface area contributed by atoms with Gasteiger partial charge in [0.1, 0.15) is 11.6 Å². The fraction of sp³-hybridized carbons (Fsp3) is 0.471. The predicted molar refractivity (Wildman–Crippen MR) is 89.3 cm³/mol. The Bertz CT molecular complexity index is 647. The molecule has 2 aromatic heterocycles. The number of nitrogens with zero attached hydrogens (tertiary/aromatic N) is 5. The van der Waals surface area contributed by atoms with E-state index in [1.165, 1.54) is 0 Å². The highest BCUT2D eigenvalue weighted by Gasteiger charge is 2.23. The summed E-state index contributed by atoms with van der Waals surface area (Å²) >= 11 is 0. The molecule has 3 rings (SSSR count).